The van der Waals surface area contributed by atoms with Gasteiger partial charge in [0.05, 0.1) is 0 Å². The number of piperidine rings is 1. The maximum atomic E-state index is 13.6. The SMILES string of the molecule is O=C1CCC(N2Cc3ccc(CNC(=O)O[C@H]4C[C@@H]5C[C@H]4CC5(F)F)cc3C2=O)C(=O)N1. The summed E-state index contributed by atoms with van der Waals surface area (Å²) in [5, 5.41) is 4.89. The van der Waals surface area contributed by atoms with E-state index in [1.165, 1.54) is 4.90 Å². The fraction of sp³-hybridized carbons (Fsp3) is 0.545. The second-order valence-electron chi connectivity index (χ2n) is 9.08. The van der Waals surface area contributed by atoms with E-state index in [1.54, 1.807) is 18.2 Å². The third-order valence-corrected chi connectivity index (χ3v) is 7.05. The van der Waals surface area contributed by atoms with E-state index in [2.05, 4.69) is 10.6 Å². The number of benzene rings is 1. The van der Waals surface area contributed by atoms with Crippen LogP contribution < -0.4 is 10.6 Å². The highest BCUT2D eigenvalue weighted by atomic mass is 19.3. The molecule has 3 fully saturated rings. The number of fused-ring (bicyclic) bond motifs is 3. The third kappa shape index (κ3) is 3.61. The molecule has 10 heteroatoms. The number of hydrogen-bond donors (Lipinski definition) is 2. The number of nitrogens with zero attached hydrogens (tertiary/aromatic N) is 1. The second kappa shape index (κ2) is 7.53. The first kappa shape index (κ1) is 20.8. The van der Waals surface area contributed by atoms with Gasteiger partial charge in [-0.1, -0.05) is 12.1 Å². The monoisotopic (exact) mass is 447 g/mol. The van der Waals surface area contributed by atoms with Gasteiger partial charge in [0.15, 0.2) is 0 Å². The number of nitrogens with one attached hydrogen (secondary N) is 2. The molecule has 4 aliphatic rings. The number of rotatable bonds is 4. The maximum absolute atomic E-state index is 13.6. The summed E-state index contributed by atoms with van der Waals surface area (Å²) in [6, 6.07) is 4.54. The van der Waals surface area contributed by atoms with E-state index in [9.17, 15) is 28.0 Å². The van der Waals surface area contributed by atoms with E-state index in [0.717, 1.165) is 5.56 Å². The van der Waals surface area contributed by atoms with E-state index in [-0.39, 0.29) is 50.1 Å². The number of carbonyl (C=O) groups is 4. The molecule has 2 aliphatic heterocycles. The van der Waals surface area contributed by atoms with Crippen LogP contribution >= 0.6 is 0 Å². The van der Waals surface area contributed by atoms with Crippen molar-refractivity contribution in [2.24, 2.45) is 11.8 Å². The van der Waals surface area contributed by atoms with Crippen molar-refractivity contribution in [2.45, 2.75) is 63.3 Å². The van der Waals surface area contributed by atoms with Crippen LogP contribution in [0, 0.1) is 11.8 Å². The van der Waals surface area contributed by atoms with Gasteiger partial charge in [-0.2, -0.15) is 0 Å². The number of halogens is 2. The minimum absolute atomic E-state index is 0.120. The molecule has 170 valence electrons. The Labute approximate surface area is 182 Å². The second-order valence-corrected chi connectivity index (χ2v) is 9.08. The van der Waals surface area contributed by atoms with E-state index < -0.39 is 36.0 Å². The molecule has 1 aromatic carbocycles. The minimum atomic E-state index is -2.65. The summed E-state index contributed by atoms with van der Waals surface area (Å²) >= 11 is 0. The molecule has 2 saturated carbocycles. The normalized spacial score (nSPS) is 30.3. The zero-order valence-electron chi connectivity index (χ0n) is 17.2. The number of alkyl carbamates (subject to hydrolysis) is 1. The van der Waals surface area contributed by atoms with Crippen molar-refractivity contribution < 1.29 is 32.7 Å². The molecule has 1 unspecified atom stereocenters. The molecule has 0 radical (unpaired) electrons. The Balaban J connectivity index is 1.17. The average molecular weight is 447 g/mol. The molecule has 5 rings (SSSR count). The fourth-order valence-electron chi connectivity index (χ4n) is 5.37. The van der Waals surface area contributed by atoms with E-state index in [4.69, 9.17) is 4.74 Å². The van der Waals surface area contributed by atoms with Crippen molar-refractivity contribution in [3.8, 4) is 0 Å². The topological polar surface area (TPSA) is 105 Å². The van der Waals surface area contributed by atoms with Gasteiger partial charge < -0.3 is 15.0 Å². The Morgan fingerprint density at radius 1 is 1.25 bits per heavy atom. The molecular formula is C22H23F2N3O5. The number of amides is 4. The van der Waals surface area contributed by atoms with E-state index in [1.807, 2.05) is 0 Å². The number of alkyl halides is 2. The molecule has 2 bridgehead atoms. The Morgan fingerprint density at radius 3 is 2.75 bits per heavy atom. The molecule has 1 saturated heterocycles. The van der Waals surface area contributed by atoms with Gasteiger partial charge in [0.25, 0.3) is 11.8 Å². The van der Waals surface area contributed by atoms with Crippen LogP contribution in [0.25, 0.3) is 0 Å². The summed E-state index contributed by atoms with van der Waals surface area (Å²) in [6.07, 6.45) is -0.318. The lowest BCUT2D eigenvalue weighted by Gasteiger charge is -2.29. The number of ether oxygens (including phenoxy) is 1. The van der Waals surface area contributed by atoms with Crippen LogP contribution in [0.5, 0.6) is 0 Å². The largest absolute Gasteiger partial charge is 0.446 e. The van der Waals surface area contributed by atoms with Crippen molar-refractivity contribution in [1.29, 1.82) is 0 Å². The predicted octanol–water partition coefficient (Wildman–Crippen LogP) is 2.11. The number of hydrogen-bond acceptors (Lipinski definition) is 5. The highest BCUT2D eigenvalue weighted by molar-refractivity contribution is 6.05. The van der Waals surface area contributed by atoms with Crippen molar-refractivity contribution in [2.75, 3.05) is 0 Å². The Bertz CT molecular complexity index is 1010. The zero-order chi connectivity index (χ0) is 22.6. The predicted molar refractivity (Wildman–Crippen MR) is 105 cm³/mol. The summed E-state index contributed by atoms with van der Waals surface area (Å²) in [4.78, 5) is 50.0. The number of imide groups is 1. The first-order valence-electron chi connectivity index (χ1n) is 10.8. The first-order chi connectivity index (χ1) is 15.2. The lowest BCUT2D eigenvalue weighted by Crippen LogP contribution is -2.52. The van der Waals surface area contributed by atoms with Gasteiger partial charge in [0.1, 0.15) is 12.1 Å². The van der Waals surface area contributed by atoms with Gasteiger partial charge in [0, 0.05) is 43.3 Å². The van der Waals surface area contributed by atoms with Crippen LogP contribution in [0.2, 0.25) is 0 Å². The summed E-state index contributed by atoms with van der Waals surface area (Å²) in [7, 11) is 0. The molecule has 8 nitrogen and oxygen atoms in total. The quantitative estimate of drug-likeness (QED) is 0.688. The van der Waals surface area contributed by atoms with E-state index >= 15 is 0 Å². The van der Waals surface area contributed by atoms with Crippen LogP contribution in [0.3, 0.4) is 0 Å². The molecule has 32 heavy (non-hydrogen) atoms. The van der Waals surface area contributed by atoms with Crippen LogP contribution in [0.4, 0.5) is 13.6 Å². The Kier molecular flexibility index (Phi) is 4.90. The highest BCUT2D eigenvalue weighted by Gasteiger charge is 2.57. The van der Waals surface area contributed by atoms with Crippen molar-refractivity contribution >= 4 is 23.8 Å². The van der Waals surface area contributed by atoms with Crippen molar-refractivity contribution in [1.82, 2.24) is 15.5 Å². The van der Waals surface area contributed by atoms with Gasteiger partial charge in [0.2, 0.25) is 11.8 Å². The Morgan fingerprint density at radius 2 is 2.06 bits per heavy atom. The summed E-state index contributed by atoms with van der Waals surface area (Å²) < 4.78 is 32.6. The molecular weight excluding hydrogens is 424 g/mol. The molecule has 0 aromatic heterocycles. The van der Waals surface area contributed by atoms with Crippen molar-refractivity contribution in [3.05, 3.63) is 34.9 Å². The lowest BCUT2D eigenvalue weighted by molar-refractivity contribution is -0.136. The van der Waals surface area contributed by atoms with Crippen LogP contribution in [0.15, 0.2) is 18.2 Å². The standard InChI is InChI=1S/C22H23F2N3O5/c23-22(24)8-13-6-14(22)7-17(13)32-21(31)25-9-11-1-2-12-10-27(20(30)15(12)5-11)16-3-4-18(28)26-19(16)29/h1-2,5,13-14,16-17H,3-4,6-10H2,(H,25,31)(H,26,28,29)/t13-,14-,16?,17-/m0/s1. The van der Waals surface area contributed by atoms with E-state index in [0.29, 0.717) is 24.0 Å². The molecule has 2 aliphatic carbocycles. The molecule has 0 spiro atoms. The molecule has 2 heterocycles. The highest BCUT2D eigenvalue weighted by Crippen LogP contribution is 2.54. The smallest absolute Gasteiger partial charge is 0.407 e. The maximum Gasteiger partial charge on any atom is 0.407 e. The summed E-state index contributed by atoms with van der Waals surface area (Å²) in [5.74, 6) is -4.75. The van der Waals surface area contributed by atoms with Crippen LogP contribution in [-0.2, 0) is 27.4 Å². The van der Waals surface area contributed by atoms with Gasteiger partial charge in [-0.05, 0) is 36.5 Å². The van der Waals surface area contributed by atoms with Gasteiger partial charge >= 0.3 is 6.09 Å². The molecule has 4 amide bonds. The average Bonchev–Trinajstić information content (AvgIpc) is 3.37. The Hall–Kier alpha value is -3.04. The van der Waals surface area contributed by atoms with Crippen LogP contribution in [-0.4, -0.2) is 46.8 Å². The summed E-state index contributed by atoms with van der Waals surface area (Å²) in [6.45, 7) is 0.403. The minimum Gasteiger partial charge on any atom is -0.446 e. The first-order valence-corrected chi connectivity index (χ1v) is 10.8. The summed E-state index contributed by atoms with van der Waals surface area (Å²) in [5.41, 5.74) is 1.91. The van der Waals surface area contributed by atoms with Gasteiger partial charge in [-0.3, -0.25) is 19.7 Å². The van der Waals surface area contributed by atoms with Crippen LogP contribution in [0.1, 0.15) is 53.6 Å². The zero-order valence-corrected chi connectivity index (χ0v) is 17.2. The fourth-order valence-corrected chi connectivity index (χ4v) is 5.37. The molecule has 4 atom stereocenters. The lowest BCUT2D eigenvalue weighted by atomic mass is 9.94. The third-order valence-electron chi connectivity index (χ3n) is 7.05. The van der Waals surface area contributed by atoms with Gasteiger partial charge in [-0.25, -0.2) is 13.6 Å². The molecule has 1 aromatic rings. The molecule has 2 N–H and O–H groups in total. The van der Waals surface area contributed by atoms with Gasteiger partial charge in [-0.15, -0.1) is 0 Å². The van der Waals surface area contributed by atoms with Crippen molar-refractivity contribution in [3.63, 3.8) is 0 Å². The number of carbonyl (C=O) groups excluding carboxylic acids is 4.